The molecule has 24 heavy (non-hydrogen) atoms. The summed E-state index contributed by atoms with van der Waals surface area (Å²) in [5.41, 5.74) is 5.63. The maximum atomic E-state index is 13.1. The third-order valence-electron chi connectivity index (χ3n) is 5.76. The van der Waals surface area contributed by atoms with Crippen molar-refractivity contribution >= 4 is 5.91 Å². The van der Waals surface area contributed by atoms with Gasteiger partial charge < -0.3 is 15.2 Å². The number of nitrogens with zero attached hydrogens (tertiary/aromatic N) is 3. The highest BCUT2D eigenvalue weighted by Crippen LogP contribution is 2.39. The van der Waals surface area contributed by atoms with E-state index in [4.69, 9.17) is 0 Å². The number of amides is 1. The van der Waals surface area contributed by atoms with Gasteiger partial charge in [-0.25, -0.2) is 4.98 Å². The number of rotatable bonds is 2. The van der Waals surface area contributed by atoms with Gasteiger partial charge in [0, 0.05) is 55.3 Å². The molecular weight excluding hydrogens is 304 g/mol. The standard InChI is InChI=1S/C17H22N6O/c24-17(16-15-13(4-6-18-16)19-9-20-15)23-7-5-12-11(8-23)14(22-21-12)10-2-1-3-10/h9-10,16,18H,1-8H2,(H,19,20)(H,21,22). The molecule has 7 nitrogen and oxygen atoms in total. The van der Waals surface area contributed by atoms with Crippen molar-refractivity contribution < 1.29 is 4.79 Å². The fourth-order valence-corrected chi connectivity index (χ4v) is 4.13. The van der Waals surface area contributed by atoms with E-state index in [0.717, 1.165) is 37.3 Å². The lowest BCUT2D eigenvalue weighted by Gasteiger charge is -2.33. The average Bonchev–Trinajstić information content (AvgIpc) is 3.19. The van der Waals surface area contributed by atoms with E-state index in [1.54, 1.807) is 6.33 Å². The number of H-pyrrole nitrogens is 2. The summed E-state index contributed by atoms with van der Waals surface area (Å²) in [7, 11) is 0. The lowest BCUT2D eigenvalue weighted by atomic mass is 9.80. The second kappa shape index (κ2) is 5.44. The quantitative estimate of drug-likeness (QED) is 0.773. The zero-order valence-corrected chi connectivity index (χ0v) is 13.6. The van der Waals surface area contributed by atoms with Crippen LogP contribution in [0.4, 0.5) is 0 Å². The molecule has 0 saturated heterocycles. The van der Waals surface area contributed by atoms with Gasteiger partial charge in [-0.2, -0.15) is 5.10 Å². The monoisotopic (exact) mass is 326 g/mol. The highest BCUT2D eigenvalue weighted by molar-refractivity contribution is 5.83. The predicted molar refractivity (Wildman–Crippen MR) is 87.3 cm³/mol. The van der Waals surface area contributed by atoms with Gasteiger partial charge in [0.25, 0.3) is 0 Å². The Morgan fingerprint density at radius 2 is 2.12 bits per heavy atom. The molecule has 3 aliphatic rings. The van der Waals surface area contributed by atoms with Crippen LogP contribution in [-0.4, -0.2) is 44.1 Å². The van der Waals surface area contributed by atoms with Gasteiger partial charge in [-0.1, -0.05) is 6.42 Å². The SMILES string of the molecule is O=C(C1NCCc2[nH]cnc21)N1CCc2[nH]nc(C3CCC3)c2C1. The number of hydrogen-bond donors (Lipinski definition) is 3. The lowest BCUT2D eigenvalue weighted by Crippen LogP contribution is -2.45. The van der Waals surface area contributed by atoms with Gasteiger partial charge in [-0.15, -0.1) is 0 Å². The smallest absolute Gasteiger partial charge is 0.246 e. The maximum absolute atomic E-state index is 13.1. The molecule has 1 amide bonds. The molecule has 1 saturated carbocycles. The van der Waals surface area contributed by atoms with E-state index >= 15 is 0 Å². The number of carbonyl (C=O) groups is 1. The molecule has 1 fully saturated rings. The number of aromatic nitrogens is 4. The van der Waals surface area contributed by atoms with Gasteiger partial charge in [-0.05, 0) is 12.8 Å². The average molecular weight is 326 g/mol. The number of fused-ring (bicyclic) bond motifs is 2. The van der Waals surface area contributed by atoms with Crippen molar-refractivity contribution in [1.82, 2.24) is 30.4 Å². The summed E-state index contributed by atoms with van der Waals surface area (Å²) in [6.45, 7) is 2.23. The summed E-state index contributed by atoms with van der Waals surface area (Å²) < 4.78 is 0. The molecular formula is C17H22N6O. The van der Waals surface area contributed by atoms with Crippen LogP contribution in [0.3, 0.4) is 0 Å². The van der Waals surface area contributed by atoms with E-state index in [9.17, 15) is 4.79 Å². The summed E-state index contributed by atoms with van der Waals surface area (Å²) in [6.07, 6.45) is 7.20. The molecule has 0 aromatic carbocycles. The summed E-state index contributed by atoms with van der Waals surface area (Å²) in [6, 6.07) is -0.319. The van der Waals surface area contributed by atoms with Crippen LogP contribution in [-0.2, 0) is 24.2 Å². The van der Waals surface area contributed by atoms with E-state index in [1.165, 1.54) is 36.2 Å². The Kier molecular flexibility index (Phi) is 3.22. The molecule has 4 heterocycles. The minimum absolute atomic E-state index is 0.134. The first kappa shape index (κ1) is 14.2. The van der Waals surface area contributed by atoms with Crippen LogP contribution in [0.1, 0.15) is 59.6 Å². The second-order valence-electron chi connectivity index (χ2n) is 7.11. The predicted octanol–water partition coefficient (Wildman–Crippen LogP) is 1.17. The van der Waals surface area contributed by atoms with Crippen LogP contribution in [0.15, 0.2) is 6.33 Å². The Balaban J connectivity index is 1.39. The van der Waals surface area contributed by atoms with E-state index in [1.807, 2.05) is 4.90 Å². The number of hydrogen-bond acceptors (Lipinski definition) is 4. The molecule has 7 heteroatoms. The zero-order valence-electron chi connectivity index (χ0n) is 13.6. The van der Waals surface area contributed by atoms with Gasteiger partial charge in [-0.3, -0.25) is 9.89 Å². The van der Waals surface area contributed by atoms with Crippen molar-refractivity contribution in [2.45, 2.75) is 50.6 Å². The van der Waals surface area contributed by atoms with Gasteiger partial charge in [0.1, 0.15) is 6.04 Å². The van der Waals surface area contributed by atoms with Crippen molar-refractivity contribution in [3.05, 3.63) is 34.7 Å². The van der Waals surface area contributed by atoms with E-state index in [2.05, 4.69) is 25.5 Å². The van der Waals surface area contributed by atoms with Crippen molar-refractivity contribution in [1.29, 1.82) is 0 Å². The molecule has 2 aromatic rings. The summed E-state index contributed by atoms with van der Waals surface area (Å²) in [4.78, 5) is 22.6. The molecule has 2 aliphatic heterocycles. The maximum Gasteiger partial charge on any atom is 0.246 e. The Morgan fingerprint density at radius 3 is 2.96 bits per heavy atom. The third-order valence-corrected chi connectivity index (χ3v) is 5.76. The first-order valence-electron chi connectivity index (χ1n) is 8.91. The van der Waals surface area contributed by atoms with Gasteiger partial charge in [0.05, 0.1) is 17.7 Å². The molecule has 0 radical (unpaired) electrons. The molecule has 1 atom stereocenters. The van der Waals surface area contributed by atoms with Crippen molar-refractivity contribution in [3.8, 4) is 0 Å². The largest absolute Gasteiger partial charge is 0.348 e. The van der Waals surface area contributed by atoms with Crippen LogP contribution in [0, 0.1) is 0 Å². The number of nitrogens with one attached hydrogen (secondary N) is 3. The Bertz CT molecular complexity index is 774. The highest BCUT2D eigenvalue weighted by atomic mass is 16.2. The van der Waals surface area contributed by atoms with Gasteiger partial charge in [0.15, 0.2) is 0 Å². The number of imidazole rings is 1. The van der Waals surface area contributed by atoms with E-state index in [0.29, 0.717) is 12.5 Å². The normalized spacial score (nSPS) is 23.5. The van der Waals surface area contributed by atoms with Gasteiger partial charge in [0.2, 0.25) is 5.91 Å². The minimum Gasteiger partial charge on any atom is -0.348 e. The molecule has 2 aromatic heterocycles. The number of carbonyl (C=O) groups excluding carboxylic acids is 1. The van der Waals surface area contributed by atoms with Crippen LogP contribution < -0.4 is 5.32 Å². The van der Waals surface area contributed by atoms with Crippen LogP contribution in [0.2, 0.25) is 0 Å². The van der Waals surface area contributed by atoms with Crippen LogP contribution in [0.5, 0.6) is 0 Å². The Morgan fingerprint density at radius 1 is 1.21 bits per heavy atom. The minimum atomic E-state index is -0.319. The molecule has 126 valence electrons. The first-order chi connectivity index (χ1) is 11.8. The summed E-state index contributed by atoms with van der Waals surface area (Å²) in [5, 5.41) is 11.1. The molecule has 1 aliphatic carbocycles. The van der Waals surface area contributed by atoms with E-state index < -0.39 is 0 Å². The molecule has 0 bridgehead atoms. The van der Waals surface area contributed by atoms with Crippen molar-refractivity contribution in [2.24, 2.45) is 0 Å². The fraction of sp³-hybridized carbons (Fsp3) is 0.588. The van der Waals surface area contributed by atoms with Crippen molar-refractivity contribution in [3.63, 3.8) is 0 Å². The Hall–Kier alpha value is -2.15. The summed E-state index contributed by atoms with van der Waals surface area (Å²) in [5.74, 6) is 0.722. The number of aromatic amines is 2. The lowest BCUT2D eigenvalue weighted by molar-refractivity contribution is -0.134. The summed E-state index contributed by atoms with van der Waals surface area (Å²) >= 11 is 0. The van der Waals surface area contributed by atoms with E-state index in [-0.39, 0.29) is 11.9 Å². The fourth-order valence-electron chi connectivity index (χ4n) is 4.13. The molecule has 1 unspecified atom stereocenters. The molecule has 5 rings (SSSR count). The van der Waals surface area contributed by atoms with Crippen LogP contribution in [0.25, 0.3) is 0 Å². The first-order valence-corrected chi connectivity index (χ1v) is 8.91. The zero-order chi connectivity index (χ0) is 16.1. The highest BCUT2D eigenvalue weighted by Gasteiger charge is 2.35. The van der Waals surface area contributed by atoms with Crippen molar-refractivity contribution in [2.75, 3.05) is 13.1 Å². The van der Waals surface area contributed by atoms with Gasteiger partial charge >= 0.3 is 0 Å². The third kappa shape index (κ3) is 2.11. The van der Waals surface area contributed by atoms with Crippen LogP contribution >= 0.6 is 0 Å². The Labute approximate surface area is 140 Å². The molecule has 0 spiro atoms. The molecule has 3 N–H and O–H groups in total. The second-order valence-corrected chi connectivity index (χ2v) is 7.11. The topological polar surface area (TPSA) is 89.7 Å².